The lowest BCUT2D eigenvalue weighted by Gasteiger charge is -2.20. The monoisotopic (exact) mass is 1410 g/mol. The van der Waals surface area contributed by atoms with E-state index in [9.17, 15) is 14.4 Å². The number of carbonyl (C=O) groups excluding carboxylic acids is 3. The van der Waals surface area contributed by atoms with Gasteiger partial charge in [0.1, 0.15) is 54.3 Å². The van der Waals surface area contributed by atoms with Gasteiger partial charge in [-0.3, -0.25) is 0 Å². The van der Waals surface area contributed by atoms with Gasteiger partial charge >= 0.3 is 17.9 Å². The summed E-state index contributed by atoms with van der Waals surface area (Å²) in [5.74, 6) is 5.21. The SMILES string of the molecule is CCOC(=O)COc1ccc(-c2ccc(OCCN(C)C)c(C(C)C)c2)cc1C(C)C.CCOC(=O)COc1ccc(-c2ccc(OCCN(C)C)c(C(C)CC)c2)cc1C(C)CC.CCOC(=O)COc1ccc(-c2ccc(OCCN(C)C)c(Cc3ccccc3)c2)cc1Cc1ccccc1. The molecule has 0 fully saturated rings. The molecule has 0 saturated carbocycles. The smallest absolute Gasteiger partial charge is 0.344 e. The zero-order valence-corrected chi connectivity index (χ0v) is 64.5. The van der Waals surface area contributed by atoms with Crippen molar-refractivity contribution in [1.29, 1.82) is 0 Å². The average molecular weight is 1410 g/mol. The predicted molar refractivity (Wildman–Crippen MR) is 418 cm³/mol. The van der Waals surface area contributed by atoms with Crippen molar-refractivity contribution in [3.05, 3.63) is 214 Å². The van der Waals surface area contributed by atoms with Crippen molar-refractivity contribution in [1.82, 2.24) is 14.7 Å². The molecular weight excluding hydrogens is 1290 g/mol. The number of rotatable bonds is 37. The van der Waals surface area contributed by atoms with Crippen LogP contribution in [0.3, 0.4) is 0 Å². The first-order chi connectivity index (χ1) is 49.5. The fourth-order valence-corrected chi connectivity index (χ4v) is 11.3. The summed E-state index contributed by atoms with van der Waals surface area (Å²) in [6.07, 6.45) is 3.50. The van der Waals surface area contributed by atoms with E-state index in [0.29, 0.717) is 69.6 Å². The minimum absolute atomic E-state index is 0.0756. The maximum Gasteiger partial charge on any atom is 0.344 e. The van der Waals surface area contributed by atoms with Crippen LogP contribution >= 0.6 is 0 Å². The fraction of sp³-hybridized carbons (Fsp3) is 0.420. The van der Waals surface area contributed by atoms with Gasteiger partial charge in [0, 0.05) is 32.5 Å². The van der Waals surface area contributed by atoms with Crippen molar-refractivity contribution in [2.24, 2.45) is 0 Å². The van der Waals surface area contributed by atoms with Gasteiger partial charge in [-0.05, 0) is 250 Å². The highest BCUT2D eigenvalue weighted by molar-refractivity contribution is 5.74. The predicted octanol–water partition coefficient (Wildman–Crippen LogP) is 18.2. The van der Waals surface area contributed by atoms with Gasteiger partial charge in [0.25, 0.3) is 0 Å². The number of carbonyl (C=O) groups is 3. The Morgan fingerprint density at radius 1 is 0.320 bits per heavy atom. The van der Waals surface area contributed by atoms with Gasteiger partial charge in [-0.2, -0.15) is 0 Å². The maximum absolute atomic E-state index is 11.9. The number of nitrogens with zero attached hydrogens (tertiary/aromatic N) is 3. The Hall–Kier alpha value is -9.15. The minimum Gasteiger partial charge on any atom is -0.492 e. The van der Waals surface area contributed by atoms with Crippen molar-refractivity contribution in [3.63, 3.8) is 0 Å². The van der Waals surface area contributed by atoms with Gasteiger partial charge in [0.2, 0.25) is 0 Å². The number of hydrogen-bond donors (Lipinski definition) is 0. The highest BCUT2D eigenvalue weighted by atomic mass is 16.6. The van der Waals surface area contributed by atoms with E-state index in [4.69, 9.17) is 42.6 Å². The summed E-state index contributed by atoms with van der Waals surface area (Å²) in [4.78, 5) is 41.7. The van der Waals surface area contributed by atoms with Gasteiger partial charge < -0.3 is 57.3 Å². The molecule has 2 atom stereocenters. The number of esters is 3. The summed E-state index contributed by atoms with van der Waals surface area (Å²) < 4.78 is 50.9. The third-order valence-electron chi connectivity index (χ3n) is 17.5. The Kier molecular flexibility index (Phi) is 35.1. The highest BCUT2D eigenvalue weighted by Gasteiger charge is 2.20. The molecule has 0 spiro atoms. The van der Waals surface area contributed by atoms with E-state index in [-0.39, 0.29) is 43.6 Å². The van der Waals surface area contributed by atoms with Crippen LogP contribution in [0.15, 0.2) is 170 Å². The molecule has 554 valence electrons. The van der Waals surface area contributed by atoms with Gasteiger partial charge in [0.05, 0.1) is 19.8 Å². The van der Waals surface area contributed by atoms with Crippen LogP contribution in [-0.4, -0.2) is 154 Å². The van der Waals surface area contributed by atoms with Crippen molar-refractivity contribution >= 4 is 17.9 Å². The topological polar surface area (TPSA) is 144 Å². The van der Waals surface area contributed by atoms with E-state index in [1.165, 1.54) is 22.3 Å². The second-order valence-corrected chi connectivity index (χ2v) is 27.1. The molecule has 8 aromatic rings. The molecule has 0 heterocycles. The largest absolute Gasteiger partial charge is 0.492 e. The second kappa shape index (κ2) is 43.7. The Morgan fingerprint density at radius 3 is 0.893 bits per heavy atom. The van der Waals surface area contributed by atoms with E-state index in [1.807, 2.05) is 82.8 Å². The molecule has 0 N–H and O–H groups in total. The third-order valence-corrected chi connectivity index (χ3v) is 17.5. The summed E-state index contributed by atoms with van der Waals surface area (Å²) in [6, 6.07) is 58.5. The first-order valence-electron chi connectivity index (χ1n) is 36.6. The molecule has 0 saturated heterocycles. The van der Waals surface area contributed by atoms with Gasteiger partial charge in [-0.25, -0.2) is 14.4 Å². The number of ether oxygens (including phenoxy) is 9. The molecule has 15 nitrogen and oxygen atoms in total. The number of hydrogen-bond acceptors (Lipinski definition) is 15. The maximum atomic E-state index is 11.9. The lowest BCUT2D eigenvalue weighted by Crippen LogP contribution is -2.19. The van der Waals surface area contributed by atoms with Crippen molar-refractivity contribution in [2.45, 2.75) is 126 Å². The summed E-state index contributed by atoms with van der Waals surface area (Å²) in [5.41, 5.74) is 15.9. The Labute approximate surface area is 615 Å². The van der Waals surface area contributed by atoms with Crippen LogP contribution in [-0.2, 0) is 41.4 Å². The lowest BCUT2D eigenvalue weighted by molar-refractivity contribution is -0.146. The molecule has 0 aliphatic rings. The number of benzene rings is 8. The first-order valence-corrected chi connectivity index (χ1v) is 36.6. The molecular formula is C88H115N3O12. The van der Waals surface area contributed by atoms with Crippen LogP contribution in [0.5, 0.6) is 34.5 Å². The van der Waals surface area contributed by atoms with Crippen LogP contribution in [0.4, 0.5) is 0 Å². The second-order valence-electron chi connectivity index (χ2n) is 27.1. The van der Waals surface area contributed by atoms with E-state index < -0.39 is 0 Å². The van der Waals surface area contributed by atoms with Crippen molar-refractivity contribution < 1.29 is 57.0 Å². The molecule has 0 aliphatic carbocycles. The Balaban J connectivity index is 0.000000245. The highest BCUT2D eigenvalue weighted by Crippen LogP contribution is 2.40. The molecule has 8 rings (SSSR count). The van der Waals surface area contributed by atoms with Crippen LogP contribution in [0.1, 0.15) is 157 Å². The van der Waals surface area contributed by atoms with Crippen LogP contribution in [0.2, 0.25) is 0 Å². The molecule has 103 heavy (non-hydrogen) atoms. The molecule has 2 unspecified atom stereocenters. The van der Waals surface area contributed by atoms with E-state index in [0.717, 1.165) is 123 Å². The third kappa shape index (κ3) is 27.5. The van der Waals surface area contributed by atoms with E-state index in [1.54, 1.807) is 20.8 Å². The molecule has 0 amide bonds. The molecule has 0 bridgehead atoms. The van der Waals surface area contributed by atoms with E-state index >= 15 is 0 Å². The lowest BCUT2D eigenvalue weighted by atomic mass is 9.91. The van der Waals surface area contributed by atoms with E-state index in [2.05, 4.69) is 199 Å². The quantitative estimate of drug-likeness (QED) is 0.0269. The van der Waals surface area contributed by atoms with Crippen molar-refractivity contribution in [2.75, 3.05) is 121 Å². The molecule has 15 heteroatoms. The zero-order chi connectivity index (χ0) is 74.8. The normalized spacial score (nSPS) is 11.7. The molecule has 0 aromatic heterocycles. The Morgan fingerprint density at radius 2 is 0.583 bits per heavy atom. The summed E-state index contributed by atoms with van der Waals surface area (Å²) >= 11 is 0. The number of likely N-dealkylation sites (N-methyl/N-ethyl adjacent to an activating group) is 3. The molecule has 0 aliphatic heterocycles. The standard InChI is InChI=1S/C34H37NO4.C28H41NO4.C26H37NO4/c1-4-37-34(36)25-39-33-18-16-29(24-31(33)22-27-13-9-6-10-14-27)28-15-17-32(38-20-19-35(2)3)30(23-28)21-26-11-7-5-8-12-26;1-8-20(4)24-17-22(11-13-26(24)32-16-15-29(6)7)23-12-14-27(25(18-23)21(5)9-2)33-19-28(30)31-10-3;1-8-29-26(28)17-31-25-12-10-21(16-23(25)19(4)5)20-9-11-24(22(15-20)18(2)3)30-14-13-27(6)7/h5-18,23-24H,4,19-22,25H2,1-3H3;11-14,17-18,20-21H,8-10,15-16,19H2,1-7H3;9-12,15-16,18-19H,8,13-14,17H2,1-7H3. The summed E-state index contributed by atoms with van der Waals surface area (Å²) in [6.45, 7) is 28.1. The van der Waals surface area contributed by atoms with Gasteiger partial charge in [0.15, 0.2) is 19.8 Å². The first kappa shape index (κ1) is 82.8. The Bertz CT molecular complexity index is 3870. The van der Waals surface area contributed by atoms with Crippen LogP contribution in [0, 0.1) is 0 Å². The molecule has 8 aromatic carbocycles. The molecule has 0 radical (unpaired) electrons. The van der Waals surface area contributed by atoms with Crippen LogP contribution in [0.25, 0.3) is 33.4 Å². The fourth-order valence-electron chi connectivity index (χ4n) is 11.3. The van der Waals surface area contributed by atoms with Gasteiger partial charge in [-0.1, -0.05) is 152 Å². The summed E-state index contributed by atoms with van der Waals surface area (Å²) in [5, 5.41) is 0. The van der Waals surface area contributed by atoms with Crippen LogP contribution < -0.4 is 28.4 Å². The van der Waals surface area contributed by atoms with Crippen molar-refractivity contribution in [3.8, 4) is 67.9 Å². The average Bonchev–Trinajstić information content (AvgIpc) is 0.815. The van der Waals surface area contributed by atoms with Gasteiger partial charge in [-0.15, -0.1) is 0 Å². The summed E-state index contributed by atoms with van der Waals surface area (Å²) in [7, 11) is 12.3. The zero-order valence-electron chi connectivity index (χ0n) is 64.5. The minimum atomic E-state index is -0.373.